The molecule has 5 atom stereocenters. The van der Waals surface area contributed by atoms with Gasteiger partial charge in [0, 0.05) is 6.07 Å². The number of fused-ring (bicyclic) bond motifs is 2. The number of aliphatic hydroxyl groups excluding tert-OH is 2. The lowest BCUT2D eigenvalue weighted by molar-refractivity contribution is -0.374. The molecule has 1 saturated heterocycles. The number of rotatable bonds is 9. The summed E-state index contributed by atoms with van der Waals surface area (Å²) < 4.78 is 35.7. The minimum atomic E-state index is -1.65. The third-order valence-electron chi connectivity index (χ3n) is 6.82. The van der Waals surface area contributed by atoms with Crippen LogP contribution in [-0.4, -0.2) is 55.5 Å². The Kier molecular flexibility index (Phi) is 7.76. The van der Waals surface area contributed by atoms with Crippen molar-refractivity contribution in [2.24, 2.45) is 0 Å². The Bertz CT molecular complexity index is 1170. The highest BCUT2D eigenvalue weighted by molar-refractivity contribution is 5.51. The first-order valence-electron chi connectivity index (χ1n) is 12.3. The zero-order chi connectivity index (χ0) is 25.8. The van der Waals surface area contributed by atoms with E-state index in [4.69, 9.17) is 28.4 Å². The van der Waals surface area contributed by atoms with Crippen LogP contribution in [0, 0.1) is 0 Å². The molecule has 2 heterocycles. The molecule has 1 fully saturated rings. The van der Waals surface area contributed by atoms with Crippen LogP contribution in [0.25, 0.3) is 0 Å². The van der Waals surface area contributed by atoms with Gasteiger partial charge in [-0.2, -0.15) is 0 Å². The number of hydrogen-bond acceptors (Lipinski definition) is 8. The normalized spacial score (nSPS) is 26.7. The van der Waals surface area contributed by atoms with Crippen LogP contribution in [0.2, 0.25) is 0 Å². The first-order chi connectivity index (χ1) is 18.1. The van der Waals surface area contributed by atoms with Crippen LogP contribution in [0.3, 0.4) is 0 Å². The monoisotopic (exact) mass is 508 g/mol. The summed E-state index contributed by atoms with van der Waals surface area (Å²) in [6, 6.07) is 22.9. The van der Waals surface area contributed by atoms with Gasteiger partial charge >= 0.3 is 0 Å². The molecule has 0 unspecified atom stereocenters. The summed E-state index contributed by atoms with van der Waals surface area (Å²) >= 11 is 0. The molecule has 0 bridgehead atoms. The van der Waals surface area contributed by atoms with Crippen LogP contribution in [0.1, 0.15) is 22.3 Å². The first kappa shape index (κ1) is 25.7. The molecule has 196 valence electrons. The molecule has 0 amide bonds. The van der Waals surface area contributed by atoms with E-state index in [0.717, 1.165) is 16.7 Å². The SMILES string of the molecule is COc1cc2c(c(OC)c1)[C@]1(OC2)O[C@H](COCc2ccccc2)[C@@H](OCc2ccccc2)[C@@H](O)[C@H]1O. The van der Waals surface area contributed by atoms with Gasteiger partial charge in [0.1, 0.15) is 35.9 Å². The predicted molar refractivity (Wildman–Crippen MR) is 134 cm³/mol. The topological polar surface area (TPSA) is 95.8 Å². The lowest BCUT2D eigenvalue weighted by Crippen LogP contribution is -2.64. The van der Waals surface area contributed by atoms with Gasteiger partial charge in [-0.1, -0.05) is 60.7 Å². The van der Waals surface area contributed by atoms with Crippen molar-refractivity contribution in [3.05, 3.63) is 95.1 Å². The molecular weight excluding hydrogens is 476 g/mol. The molecule has 0 saturated carbocycles. The van der Waals surface area contributed by atoms with Crippen molar-refractivity contribution >= 4 is 0 Å². The summed E-state index contributed by atoms with van der Waals surface area (Å²) in [5.41, 5.74) is 3.21. The molecule has 37 heavy (non-hydrogen) atoms. The van der Waals surface area contributed by atoms with Crippen LogP contribution < -0.4 is 9.47 Å². The fraction of sp³-hybridized carbons (Fsp3) is 0.379. The summed E-state index contributed by atoms with van der Waals surface area (Å²) in [4.78, 5) is 0. The standard InChI is InChI=1S/C29H32O8/c1-32-22-13-21-17-36-29(25(21)23(14-22)33-2)28(31)26(30)27(35-16-20-11-7-4-8-12-20)24(37-29)18-34-15-19-9-5-3-6-10-19/h3-14,24,26-28,30-31H,15-18H2,1-2H3/t24-,26-,27-,28-,29+/m1/s1. The van der Waals surface area contributed by atoms with Crippen molar-refractivity contribution in [2.45, 2.75) is 50.0 Å². The Morgan fingerprint density at radius 2 is 1.57 bits per heavy atom. The molecule has 8 nitrogen and oxygen atoms in total. The second-order valence-corrected chi connectivity index (χ2v) is 9.17. The Hall–Kier alpha value is -2.98. The average molecular weight is 509 g/mol. The van der Waals surface area contributed by atoms with E-state index in [1.807, 2.05) is 66.7 Å². The van der Waals surface area contributed by atoms with Crippen molar-refractivity contribution in [3.8, 4) is 11.5 Å². The molecule has 0 aliphatic carbocycles. The highest BCUT2D eigenvalue weighted by atomic mass is 16.7. The molecule has 3 aromatic carbocycles. The van der Waals surface area contributed by atoms with Crippen molar-refractivity contribution < 1.29 is 38.6 Å². The summed E-state index contributed by atoms with van der Waals surface area (Å²) in [5, 5.41) is 22.8. The smallest absolute Gasteiger partial charge is 0.229 e. The third-order valence-corrected chi connectivity index (χ3v) is 6.82. The average Bonchev–Trinajstić information content (AvgIpc) is 3.31. The number of methoxy groups -OCH3 is 2. The maximum atomic E-state index is 11.4. The minimum absolute atomic E-state index is 0.108. The van der Waals surface area contributed by atoms with Gasteiger partial charge < -0.3 is 38.6 Å². The number of ether oxygens (including phenoxy) is 6. The van der Waals surface area contributed by atoms with Gasteiger partial charge in [0.05, 0.1) is 46.2 Å². The first-order valence-corrected chi connectivity index (χ1v) is 12.3. The van der Waals surface area contributed by atoms with Crippen LogP contribution in [-0.2, 0) is 44.6 Å². The van der Waals surface area contributed by atoms with Crippen molar-refractivity contribution in [1.82, 2.24) is 0 Å². The van der Waals surface area contributed by atoms with Gasteiger partial charge in [0.25, 0.3) is 0 Å². The lowest BCUT2D eigenvalue weighted by atomic mass is 9.86. The number of benzene rings is 3. The lowest BCUT2D eigenvalue weighted by Gasteiger charge is -2.48. The van der Waals surface area contributed by atoms with Crippen LogP contribution >= 0.6 is 0 Å². The van der Waals surface area contributed by atoms with Crippen molar-refractivity contribution in [2.75, 3.05) is 20.8 Å². The van der Waals surface area contributed by atoms with E-state index < -0.39 is 30.2 Å². The van der Waals surface area contributed by atoms with E-state index in [1.165, 1.54) is 7.11 Å². The van der Waals surface area contributed by atoms with Crippen LogP contribution in [0.5, 0.6) is 11.5 Å². The van der Waals surface area contributed by atoms with E-state index in [2.05, 4.69) is 0 Å². The molecular formula is C29H32O8. The third kappa shape index (κ3) is 5.09. The minimum Gasteiger partial charge on any atom is -0.497 e. The van der Waals surface area contributed by atoms with Gasteiger partial charge in [0.2, 0.25) is 5.79 Å². The summed E-state index contributed by atoms with van der Waals surface area (Å²) in [5.74, 6) is -0.626. The molecule has 5 rings (SSSR count). The van der Waals surface area contributed by atoms with E-state index in [-0.39, 0.29) is 19.8 Å². The fourth-order valence-corrected chi connectivity index (χ4v) is 4.97. The number of hydrogen-bond donors (Lipinski definition) is 2. The quantitative estimate of drug-likeness (QED) is 0.455. The maximum Gasteiger partial charge on any atom is 0.229 e. The number of aliphatic hydroxyl groups is 2. The van der Waals surface area contributed by atoms with Gasteiger partial charge in [-0.15, -0.1) is 0 Å². The second-order valence-electron chi connectivity index (χ2n) is 9.17. The molecule has 2 aliphatic rings. The van der Waals surface area contributed by atoms with Gasteiger partial charge in [-0.25, -0.2) is 0 Å². The summed E-state index contributed by atoms with van der Waals surface area (Å²) in [6.45, 7) is 0.853. The molecule has 2 aliphatic heterocycles. The van der Waals surface area contributed by atoms with E-state index in [9.17, 15) is 10.2 Å². The Labute approximate surface area is 216 Å². The van der Waals surface area contributed by atoms with Crippen molar-refractivity contribution in [1.29, 1.82) is 0 Å². The Morgan fingerprint density at radius 1 is 0.892 bits per heavy atom. The highest BCUT2D eigenvalue weighted by Crippen LogP contribution is 2.51. The van der Waals surface area contributed by atoms with E-state index in [0.29, 0.717) is 23.7 Å². The molecule has 8 heteroatoms. The summed E-state index contributed by atoms with van der Waals surface area (Å²) in [7, 11) is 3.09. The highest BCUT2D eigenvalue weighted by Gasteiger charge is 2.60. The zero-order valence-corrected chi connectivity index (χ0v) is 20.9. The van der Waals surface area contributed by atoms with E-state index in [1.54, 1.807) is 13.2 Å². The molecule has 0 aromatic heterocycles. The Balaban J connectivity index is 1.43. The predicted octanol–water partition coefficient (Wildman–Crippen LogP) is 3.31. The van der Waals surface area contributed by atoms with Gasteiger partial charge in [0.15, 0.2) is 0 Å². The maximum absolute atomic E-state index is 11.4. The van der Waals surface area contributed by atoms with E-state index >= 15 is 0 Å². The molecule has 2 N–H and O–H groups in total. The molecule has 3 aromatic rings. The zero-order valence-electron chi connectivity index (χ0n) is 20.9. The second kappa shape index (κ2) is 11.2. The largest absolute Gasteiger partial charge is 0.497 e. The van der Waals surface area contributed by atoms with Crippen molar-refractivity contribution in [3.63, 3.8) is 0 Å². The molecule has 1 spiro atoms. The molecule has 0 radical (unpaired) electrons. The van der Waals surface area contributed by atoms with Gasteiger partial charge in [-0.05, 0) is 22.8 Å². The summed E-state index contributed by atoms with van der Waals surface area (Å²) in [6.07, 6.45) is -4.38. The van der Waals surface area contributed by atoms with Crippen LogP contribution in [0.15, 0.2) is 72.8 Å². The van der Waals surface area contributed by atoms with Crippen LogP contribution in [0.4, 0.5) is 0 Å². The fourth-order valence-electron chi connectivity index (χ4n) is 4.97. The van der Waals surface area contributed by atoms with Gasteiger partial charge in [-0.3, -0.25) is 0 Å². The Morgan fingerprint density at radius 3 is 2.22 bits per heavy atom.